The van der Waals surface area contributed by atoms with E-state index in [4.69, 9.17) is 0 Å². The van der Waals surface area contributed by atoms with Gasteiger partial charge in [-0.15, -0.1) is 0 Å². The standard InChI is InChI=1S/C2H7N3O2Si/c3-1(6)2(7)4-5-8/h5H,8H3,(H2,3,6)(H,4,7). The fourth-order valence-electron chi connectivity index (χ4n) is 0.175. The van der Waals surface area contributed by atoms with Gasteiger partial charge in [-0.3, -0.25) is 20.1 Å². The molecule has 0 aliphatic carbocycles. The van der Waals surface area contributed by atoms with Gasteiger partial charge in [-0.1, -0.05) is 0 Å². The van der Waals surface area contributed by atoms with Crippen LogP contribution in [0.3, 0.4) is 0 Å². The van der Waals surface area contributed by atoms with Crippen molar-refractivity contribution in [1.82, 2.24) is 10.5 Å². The molecule has 46 valence electrons. The summed E-state index contributed by atoms with van der Waals surface area (Å²) < 4.78 is 0. The number of primary amides is 1. The zero-order chi connectivity index (χ0) is 6.57. The van der Waals surface area contributed by atoms with Gasteiger partial charge < -0.3 is 5.73 Å². The van der Waals surface area contributed by atoms with Crippen molar-refractivity contribution in [1.29, 1.82) is 0 Å². The van der Waals surface area contributed by atoms with Gasteiger partial charge in [0.15, 0.2) is 0 Å². The lowest BCUT2D eigenvalue weighted by molar-refractivity contribution is -0.137. The third-order valence-electron chi connectivity index (χ3n) is 0.462. The molecule has 0 unspecified atom stereocenters. The summed E-state index contributed by atoms with van der Waals surface area (Å²) in [6, 6.07) is 0. The van der Waals surface area contributed by atoms with Crippen molar-refractivity contribution in [2.45, 2.75) is 0 Å². The number of hydrazine groups is 1. The summed E-state index contributed by atoms with van der Waals surface area (Å²) in [6.45, 7) is 0. The molecule has 0 aliphatic heterocycles. The van der Waals surface area contributed by atoms with Crippen LogP contribution in [0.25, 0.3) is 0 Å². The van der Waals surface area contributed by atoms with E-state index in [1.807, 2.05) is 5.43 Å². The third-order valence-corrected chi connectivity index (χ3v) is 0.712. The molecule has 4 N–H and O–H groups in total. The second-order valence-corrected chi connectivity index (χ2v) is 1.57. The molecule has 0 fully saturated rings. The number of carbonyl (C=O) groups is 2. The van der Waals surface area contributed by atoms with Crippen molar-refractivity contribution in [3.8, 4) is 0 Å². The van der Waals surface area contributed by atoms with Crippen molar-refractivity contribution in [3.63, 3.8) is 0 Å². The van der Waals surface area contributed by atoms with Crippen LogP contribution >= 0.6 is 0 Å². The summed E-state index contributed by atoms with van der Waals surface area (Å²) in [7, 11) is 0.593. The number of hydrogen-bond donors (Lipinski definition) is 3. The molecule has 0 heterocycles. The average Bonchev–Trinajstić information content (AvgIpc) is 1.67. The van der Waals surface area contributed by atoms with Crippen LogP contribution < -0.4 is 16.3 Å². The van der Waals surface area contributed by atoms with Gasteiger partial charge in [0.1, 0.15) is 10.4 Å². The average molecular weight is 133 g/mol. The van der Waals surface area contributed by atoms with E-state index in [0.717, 1.165) is 0 Å². The Morgan fingerprint density at radius 2 is 2.00 bits per heavy atom. The van der Waals surface area contributed by atoms with Crippen LogP contribution in [0.15, 0.2) is 0 Å². The quantitative estimate of drug-likeness (QED) is 0.196. The minimum atomic E-state index is -0.978. The monoisotopic (exact) mass is 133 g/mol. The van der Waals surface area contributed by atoms with Gasteiger partial charge in [-0.05, 0) is 0 Å². The lowest BCUT2D eigenvalue weighted by Gasteiger charge is -1.95. The second-order valence-electron chi connectivity index (χ2n) is 1.07. The molecule has 0 aromatic rings. The van der Waals surface area contributed by atoms with Crippen molar-refractivity contribution < 1.29 is 9.59 Å². The largest absolute Gasteiger partial charge is 0.361 e. The Kier molecular flexibility index (Phi) is 2.81. The van der Waals surface area contributed by atoms with E-state index in [2.05, 4.69) is 10.8 Å². The van der Waals surface area contributed by atoms with Crippen molar-refractivity contribution in [2.24, 2.45) is 5.73 Å². The summed E-state index contributed by atoms with van der Waals surface area (Å²) in [5.74, 6) is -1.78. The number of hydrogen-bond acceptors (Lipinski definition) is 3. The molecule has 8 heavy (non-hydrogen) atoms. The van der Waals surface area contributed by atoms with Gasteiger partial charge in [0, 0.05) is 0 Å². The maximum absolute atomic E-state index is 10.1. The van der Waals surface area contributed by atoms with Crippen molar-refractivity contribution >= 4 is 22.2 Å². The highest BCUT2D eigenvalue weighted by Crippen LogP contribution is 1.53. The van der Waals surface area contributed by atoms with Crippen LogP contribution in [0.1, 0.15) is 0 Å². The van der Waals surface area contributed by atoms with Crippen molar-refractivity contribution in [3.05, 3.63) is 0 Å². The van der Waals surface area contributed by atoms with Crippen LogP contribution in [0.2, 0.25) is 0 Å². The Hall–Kier alpha value is -0.883. The highest BCUT2D eigenvalue weighted by molar-refractivity contribution is 6.34. The molecule has 0 bridgehead atoms. The lowest BCUT2D eigenvalue weighted by Crippen LogP contribution is -2.43. The first kappa shape index (κ1) is 7.12. The number of nitrogens with one attached hydrogen (secondary N) is 2. The summed E-state index contributed by atoms with van der Waals surface area (Å²) in [5, 5.41) is 2.39. The first-order valence-electron chi connectivity index (χ1n) is 1.95. The van der Waals surface area contributed by atoms with E-state index in [1.54, 1.807) is 0 Å². The molecule has 0 rings (SSSR count). The molecule has 0 aromatic carbocycles. The molecule has 0 aliphatic rings. The third kappa shape index (κ3) is 2.32. The topological polar surface area (TPSA) is 84.2 Å². The Morgan fingerprint density at radius 3 is 2.12 bits per heavy atom. The van der Waals surface area contributed by atoms with E-state index in [0.29, 0.717) is 10.4 Å². The molecule has 0 aromatic heterocycles. The SMILES string of the molecule is NC(=O)C(=O)NN[SiH3]. The highest BCUT2D eigenvalue weighted by Gasteiger charge is 2.03. The van der Waals surface area contributed by atoms with Gasteiger partial charge in [-0.2, -0.15) is 0 Å². The molecular weight excluding hydrogens is 126 g/mol. The lowest BCUT2D eigenvalue weighted by atomic mass is 10.6. The number of rotatable bonds is 1. The maximum atomic E-state index is 10.1. The van der Waals surface area contributed by atoms with Gasteiger partial charge in [0.2, 0.25) is 0 Å². The Labute approximate surface area is 49.1 Å². The van der Waals surface area contributed by atoms with Crippen LogP contribution in [-0.2, 0) is 9.59 Å². The zero-order valence-corrected chi connectivity index (χ0v) is 6.39. The van der Waals surface area contributed by atoms with Gasteiger partial charge in [-0.25, -0.2) is 0 Å². The van der Waals surface area contributed by atoms with E-state index < -0.39 is 11.8 Å². The van der Waals surface area contributed by atoms with Crippen LogP contribution in [0.4, 0.5) is 0 Å². The van der Waals surface area contributed by atoms with Crippen LogP contribution in [-0.4, -0.2) is 22.2 Å². The second kappa shape index (κ2) is 3.16. The van der Waals surface area contributed by atoms with E-state index in [1.165, 1.54) is 0 Å². The minimum Gasteiger partial charge on any atom is -0.361 e. The maximum Gasteiger partial charge on any atom is 0.322 e. The molecule has 0 atom stereocenters. The fourth-order valence-corrected chi connectivity index (χ4v) is 0.402. The summed E-state index contributed by atoms with van der Waals surface area (Å²) in [5.41, 5.74) is 6.59. The Morgan fingerprint density at radius 1 is 1.50 bits per heavy atom. The van der Waals surface area contributed by atoms with Crippen LogP contribution in [0.5, 0.6) is 0 Å². The number of nitrogens with two attached hydrogens (primary N) is 1. The highest BCUT2D eigenvalue weighted by atomic mass is 28.2. The van der Waals surface area contributed by atoms with Gasteiger partial charge >= 0.3 is 11.8 Å². The van der Waals surface area contributed by atoms with Gasteiger partial charge in [0.05, 0.1) is 0 Å². The smallest absolute Gasteiger partial charge is 0.322 e. The van der Waals surface area contributed by atoms with E-state index in [9.17, 15) is 9.59 Å². The summed E-state index contributed by atoms with van der Waals surface area (Å²) in [6.07, 6.45) is 0. The molecule has 2 amide bonds. The zero-order valence-electron chi connectivity index (χ0n) is 4.39. The molecular formula is C2H7N3O2Si. The number of amides is 2. The van der Waals surface area contributed by atoms with E-state index >= 15 is 0 Å². The molecule has 5 nitrogen and oxygen atoms in total. The number of carbonyl (C=O) groups excluding carboxylic acids is 2. The summed E-state index contributed by atoms with van der Waals surface area (Å²) >= 11 is 0. The molecule has 0 saturated carbocycles. The van der Waals surface area contributed by atoms with Gasteiger partial charge in [0.25, 0.3) is 0 Å². The normalized spacial score (nSPS) is 8.50. The Balaban J connectivity index is 3.49. The molecule has 0 radical (unpaired) electrons. The predicted octanol–water partition coefficient (Wildman–Crippen LogP) is -3.63. The fraction of sp³-hybridized carbons (Fsp3) is 0. The molecule has 0 spiro atoms. The predicted molar refractivity (Wildman–Crippen MR) is 30.4 cm³/mol. The molecule has 6 heteroatoms. The van der Waals surface area contributed by atoms with E-state index in [-0.39, 0.29) is 0 Å². The summed E-state index contributed by atoms with van der Waals surface area (Å²) in [4.78, 5) is 20.0. The van der Waals surface area contributed by atoms with Crippen molar-refractivity contribution in [2.75, 3.05) is 0 Å². The Bertz CT molecular complexity index is 114. The first-order chi connectivity index (χ1) is 3.68. The molecule has 0 saturated heterocycles. The first-order valence-corrected chi connectivity index (χ1v) is 2.95. The van der Waals surface area contributed by atoms with Crippen LogP contribution in [0, 0.1) is 0 Å². The minimum absolute atomic E-state index is 0.593.